The lowest BCUT2D eigenvalue weighted by Crippen LogP contribution is -2.30. The van der Waals surface area contributed by atoms with E-state index in [1.165, 1.54) is 17.0 Å². The van der Waals surface area contributed by atoms with Gasteiger partial charge in [-0.25, -0.2) is 0 Å². The quantitative estimate of drug-likeness (QED) is 0.626. The van der Waals surface area contributed by atoms with Crippen LogP contribution in [0, 0.1) is 10.1 Å². The third kappa shape index (κ3) is 3.48. The molecule has 120 valence electrons. The average molecular weight is 314 g/mol. The first-order valence-corrected chi connectivity index (χ1v) is 7.10. The summed E-state index contributed by atoms with van der Waals surface area (Å²) in [5, 5.41) is 11.1. The van der Waals surface area contributed by atoms with Crippen molar-refractivity contribution in [1.29, 1.82) is 0 Å². The normalized spacial score (nSPS) is 11.6. The molecular weight excluding hydrogens is 296 g/mol. The molecule has 0 aliphatic rings. The number of carbonyl (C=O) groups is 1. The summed E-state index contributed by atoms with van der Waals surface area (Å²) in [6.45, 7) is 1.87. The molecular formula is C17H18N2O4. The summed E-state index contributed by atoms with van der Waals surface area (Å²) in [5.74, 6) is 0.342. The topological polar surface area (TPSA) is 72.7 Å². The van der Waals surface area contributed by atoms with Gasteiger partial charge >= 0.3 is 0 Å². The standard InChI is InChI=1S/C17H18N2O4/c1-12(13-8-10-14(23-3)11-9-13)18(2)17(20)15-6-4-5-7-16(15)19(21)22/h4-12H,1-3H3. The van der Waals surface area contributed by atoms with Crippen molar-refractivity contribution in [3.8, 4) is 5.75 Å². The first kappa shape index (κ1) is 16.5. The molecule has 0 aromatic heterocycles. The minimum absolute atomic E-state index is 0.0837. The Balaban J connectivity index is 2.26. The molecule has 0 aliphatic heterocycles. The Morgan fingerprint density at radius 3 is 2.35 bits per heavy atom. The number of rotatable bonds is 5. The van der Waals surface area contributed by atoms with E-state index < -0.39 is 4.92 Å². The Hall–Kier alpha value is -2.89. The second-order valence-electron chi connectivity index (χ2n) is 5.14. The molecule has 23 heavy (non-hydrogen) atoms. The van der Waals surface area contributed by atoms with Gasteiger partial charge in [0.25, 0.3) is 11.6 Å². The molecule has 6 heteroatoms. The first-order valence-electron chi connectivity index (χ1n) is 7.10. The Morgan fingerprint density at radius 2 is 1.78 bits per heavy atom. The van der Waals surface area contributed by atoms with Gasteiger partial charge < -0.3 is 9.64 Å². The van der Waals surface area contributed by atoms with Crippen LogP contribution in [0.3, 0.4) is 0 Å². The van der Waals surface area contributed by atoms with Crippen molar-refractivity contribution in [3.63, 3.8) is 0 Å². The fraction of sp³-hybridized carbons (Fsp3) is 0.235. The van der Waals surface area contributed by atoms with E-state index in [1.54, 1.807) is 26.3 Å². The summed E-state index contributed by atoms with van der Waals surface area (Å²) in [7, 11) is 3.22. The van der Waals surface area contributed by atoms with Gasteiger partial charge in [-0.15, -0.1) is 0 Å². The average Bonchev–Trinajstić information content (AvgIpc) is 2.59. The molecule has 0 fully saturated rings. The Kier molecular flexibility index (Phi) is 4.95. The second-order valence-corrected chi connectivity index (χ2v) is 5.14. The lowest BCUT2D eigenvalue weighted by molar-refractivity contribution is -0.385. The van der Waals surface area contributed by atoms with E-state index >= 15 is 0 Å². The summed E-state index contributed by atoms with van der Waals surface area (Å²) in [4.78, 5) is 24.6. The Labute approximate surface area is 134 Å². The number of methoxy groups -OCH3 is 1. The van der Waals surface area contributed by atoms with Crippen LogP contribution in [0.4, 0.5) is 5.69 Å². The number of nitro benzene ring substituents is 1. The minimum atomic E-state index is -0.543. The van der Waals surface area contributed by atoms with Gasteiger partial charge in [-0.3, -0.25) is 14.9 Å². The molecule has 0 aliphatic carbocycles. The first-order chi connectivity index (χ1) is 11.0. The smallest absolute Gasteiger partial charge is 0.282 e. The van der Waals surface area contributed by atoms with Crippen molar-refractivity contribution in [3.05, 3.63) is 69.8 Å². The van der Waals surface area contributed by atoms with Crippen LogP contribution in [0.25, 0.3) is 0 Å². The predicted octanol–water partition coefficient (Wildman–Crippen LogP) is 3.44. The van der Waals surface area contributed by atoms with Gasteiger partial charge in [0.05, 0.1) is 18.1 Å². The van der Waals surface area contributed by atoms with Crippen LogP contribution in [0.2, 0.25) is 0 Å². The highest BCUT2D eigenvalue weighted by Crippen LogP contribution is 2.26. The zero-order valence-corrected chi connectivity index (χ0v) is 13.2. The number of amides is 1. The van der Waals surface area contributed by atoms with E-state index in [2.05, 4.69) is 0 Å². The molecule has 0 N–H and O–H groups in total. The maximum absolute atomic E-state index is 12.6. The summed E-state index contributed by atoms with van der Waals surface area (Å²) in [6, 6.07) is 13.1. The molecule has 0 bridgehead atoms. The molecule has 0 heterocycles. The third-order valence-electron chi connectivity index (χ3n) is 3.83. The molecule has 0 spiro atoms. The zero-order valence-electron chi connectivity index (χ0n) is 13.2. The molecule has 2 aromatic rings. The van der Waals surface area contributed by atoms with Crippen molar-refractivity contribution >= 4 is 11.6 Å². The van der Waals surface area contributed by atoms with Crippen LogP contribution in [0.5, 0.6) is 5.75 Å². The molecule has 1 atom stereocenters. The van der Waals surface area contributed by atoms with Crippen LogP contribution in [0.1, 0.15) is 28.9 Å². The van der Waals surface area contributed by atoms with E-state index in [0.29, 0.717) is 0 Å². The van der Waals surface area contributed by atoms with Crippen molar-refractivity contribution in [2.45, 2.75) is 13.0 Å². The maximum atomic E-state index is 12.6. The van der Waals surface area contributed by atoms with Crippen molar-refractivity contribution < 1.29 is 14.5 Å². The van der Waals surface area contributed by atoms with Crippen LogP contribution in [-0.2, 0) is 0 Å². The Morgan fingerprint density at radius 1 is 1.17 bits per heavy atom. The highest BCUT2D eigenvalue weighted by molar-refractivity contribution is 5.98. The van der Waals surface area contributed by atoms with Crippen molar-refractivity contribution in [1.82, 2.24) is 4.90 Å². The van der Waals surface area contributed by atoms with Crippen LogP contribution >= 0.6 is 0 Å². The van der Waals surface area contributed by atoms with Crippen LogP contribution in [-0.4, -0.2) is 29.9 Å². The molecule has 1 amide bonds. The maximum Gasteiger partial charge on any atom is 0.282 e. The summed E-state index contributed by atoms with van der Waals surface area (Å²) >= 11 is 0. The van der Waals surface area contributed by atoms with Gasteiger partial charge in [-0.05, 0) is 30.7 Å². The van der Waals surface area contributed by atoms with E-state index in [1.807, 2.05) is 31.2 Å². The number of nitro groups is 1. The van der Waals surface area contributed by atoms with E-state index in [-0.39, 0.29) is 23.2 Å². The number of para-hydroxylation sites is 1. The van der Waals surface area contributed by atoms with E-state index in [4.69, 9.17) is 4.74 Å². The number of nitrogens with zero attached hydrogens (tertiary/aromatic N) is 2. The molecule has 1 unspecified atom stereocenters. The monoisotopic (exact) mass is 314 g/mol. The number of benzene rings is 2. The summed E-state index contributed by atoms with van der Waals surface area (Å²) < 4.78 is 5.11. The minimum Gasteiger partial charge on any atom is -0.497 e. The van der Waals surface area contributed by atoms with Gasteiger partial charge in [0.2, 0.25) is 0 Å². The molecule has 0 radical (unpaired) electrons. The molecule has 6 nitrogen and oxygen atoms in total. The molecule has 0 saturated carbocycles. The lowest BCUT2D eigenvalue weighted by Gasteiger charge is -2.25. The van der Waals surface area contributed by atoms with Gasteiger partial charge in [-0.1, -0.05) is 24.3 Å². The predicted molar refractivity (Wildman–Crippen MR) is 86.6 cm³/mol. The van der Waals surface area contributed by atoms with Gasteiger partial charge in [0.1, 0.15) is 11.3 Å². The number of hydrogen-bond acceptors (Lipinski definition) is 4. The van der Waals surface area contributed by atoms with E-state index in [9.17, 15) is 14.9 Å². The van der Waals surface area contributed by atoms with Gasteiger partial charge in [0, 0.05) is 13.1 Å². The highest BCUT2D eigenvalue weighted by atomic mass is 16.6. The second kappa shape index (κ2) is 6.91. The number of ether oxygens (including phenoxy) is 1. The Bertz CT molecular complexity index is 713. The van der Waals surface area contributed by atoms with Gasteiger partial charge in [0.15, 0.2) is 0 Å². The number of hydrogen-bond donors (Lipinski definition) is 0. The number of carbonyl (C=O) groups excluding carboxylic acids is 1. The van der Waals surface area contributed by atoms with Crippen LogP contribution < -0.4 is 4.74 Å². The highest BCUT2D eigenvalue weighted by Gasteiger charge is 2.25. The zero-order chi connectivity index (χ0) is 17.0. The molecule has 2 aromatic carbocycles. The molecule has 0 saturated heterocycles. The van der Waals surface area contributed by atoms with Crippen molar-refractivity contribution in [2.24, 2.45) is 0 Å². The fourth-order valence-corrected chi connectivity index (χ4v) is 2.29. The summed E-state index contributed by atoms with van der Waals surface area (Å²) in [5.41, 5.74) is 0.812. The third-order valence-corrected chi connectivity index (χ3v) is 3.83. The molecule has 2 rings (SSSR count). The van der Waals surface area contributed by atoms with E-state index in [0.717, 1.165) is 11.3 Å². The van der Waals surface area contributed by atoms with Crippen molar-refractivity contribution in [2.75, 3.05) is 14.2 Å². The lowest BCUT2D eigenvalue weighted by atomic mass is 10.1. The van der Waals surface area contributed by atoms with Gasteiger partial charge in [-0.2, -0.15) is 0 Å². The SMILES string of the molecule is COc1ccc(C(C)N(C)C(=O)c2ccccc2[N+](=O)[O-])cc1. The largest absolute Gasteiger partial charge is 0.497 e. The summed E-state index contributed by atoms with van der Waals surface area (Å²) in [6.07, 6.45) is 0. The van der Waals surface area contributed by atoms with Crippen LogP contribution in [0.15, 0.2) is 48.5 Å². The fourth-order valence-electron chi connectivity index (χ4n) is 2.29.